The Balaban J connectivity index is 1.65. The molecule has 3 aromatic rings. The van der Waals surface area contributed by atoms with Crippen molar-refractivity contribution in [3.05, 3.63) is 83.4 Å². The zero-order chi connectivity index (χ0) is 26.1. The molecule has 2 N–H and O–H groups in total. The molecule has 0 saturated carbocycles. The molecule has 0 aliphatic carbocycles. The summed E-state index contributed by atoms with van der Waals surface area (Å²) >= 11 is 0. The first-order chi connectivity index (χ1) is 17.9. The highest BCUT2D eigenvalue weighted by atomic mass is 16.6. The summed E-state index contributed by atoms with van der Waals surface area (Å²) in [6, 6.07) is 17.4. The third-order valence-corrected chi connectivity index (χ3v) is 6.14. The van der Waals surface area contributed by atoms with Crippen molar-refractivity contribution in [1.29, 1.82) is 0 Å². The fourth-order valence-electron chi connectivity index (χ4n) is 4.48. The molecule has 0 spiro atoms. The summed E-state index contributed by atoms with van der Waals surface area (Å²) in [6.45, 7) is 2.17. The standard InChI is InChI=1S/C28H24N2O7/c1-16(31)29-19-7-9-20(10-8-19)30-25(17-4-3-5-21(14-17)35-2)24(27(33)28(30)34)26(32)18-6-11-22-23(15-18)37-13-12-36-22/h3-11,14-15,25,32H,12-13H2,1-2H3,(H,29,31)/b26-24-. The van der Waals surface area contributed by atoms with Crippen LogP contribution < -0.4 is 24.4 Å². The molecule has 37 heavy (non-hydrogen) atoms. The van der Waals surface area contributed by atoms with Crippen LogP contribution in [0.3, 0.4) is 0 Å². The van der Waals surface area contributed by atoms with Gasteiger partial charge in [-0.2, -0.15) is 0 Å². The van der Waals surface area contributed by atoms with E-state index in [1.54, 1.807) is 66.7 Å². The Labute approximate surface area is 212 Å². The minimum atomic E-state index is -0.935. The zero-order valence-corrected chi connectivity index (χ0v) is 20.2. The summed E-state index contributed by atoms with van der Waals surface area (Å²) in [4.78, 5) is 39.5. The molecule has 2 amide bonds. The van der Waals surface area contributed by atoms with Crippen molar-refractivity contribution in [2.24, 2.45) is 0 Å². The number of benzene rings is 3. The number of ether oxygens (including phenoxy) is 3. The third kappa shape index (κ3) is 4.47. The second kappa shape index (κ2) is 9.69. The topological polar surface area (TPSA) is 114 Å². The number of methoxy groups -OCH3 is 1. The minimum absolute atomic E-state index is 0.0686. The lowest BCUT2D eigenvalue weighted by atomic mass is 9.94. The Hall–Kier alpha value is -4.79. The van der Waals surface area contributed by atoms with Crippen LogP contribution in [0.25, 0.3) is 5.76 Å². The van der Waals surface area contributed by atoms with Crippen molar-refractivity contribution in [3.8, 4) is 17.2 Å². The van der Waals surface area contributed by atoms with Crippen molar-refractivity contribution >= 4 is 34.7 Å². The number of hydrogen-bond donors (Lipinski definition) is 2. The van der Waals surface area contributed by atoms with Crippen LogP contribution >= 0.6 is 0 Å². The van der Waals surface area contributed by atoms with Gasteiger partial charge in [-0.25, -0.2) is 0 Å². The number of aliphatic hydroxyl groups is 1. The highest BCUT2D eigenvalue weighted by molar-refractivity contribution is 6.51. The van der Waals surface area contributed by atoms with Crippen LogP contribution in [0.15, 0.2) is 72.3 Å². The van der Waals surface area contributed by atoms with Crippen molar-refractivity contribution in [1.82, 2.24) is 0 Å². The number of carbonyl (C=O) groups is 3. The van der Waals surface area contributed by atoms with E-state index in [1.807, 2.05) is 0 Å². The molecule has 1 atom stereocenters. The van der Waals surface area contributed by atoms with Crippen LogP contribution in [0.2, 0.25) is 0 Å². The number of hydrogen-bond acceptors (Lipinski definition) is 7. The van der Waals surface area contributed by atoms with Gasteiger partial charge in [-0.3, -0.25) is 19.3 Å². The first-order valence-corrected chi connectivity index (χ1v) is 11.6. The van der Waals surface area contributed by atoms with Crippen LogP contribution in [0.1, 0.15) is 24.1 Å². The van der Waals surface area contributed by atoms with Crippen molar-refractivity contribution in [2.45, 2.75) is 13.0 Å². The van der Waals surface area contributed by atoms with Gasteiger partial charge in [-0.15, -0.1) is 0 Å². The van der Waals surface area contributed by atoms with E-state index in [0.717, 1.165) is 0 Å². The smallest absolute Gasteiger partial charge is 0.300 e. The number of nitrogens with zero attached hydrogens (tertiary/aromatic N) is 1. The van der Waals surface area contributed by atoms with Gasteiger partial charge in [0.1, 0.15) is 24.7 Å². The van der Waals surface area contributed by atoms with Gasteiger partial charge in [-0.05, 0) is 60.2 Å². The van der Waals surface area contributed by atoms with Crippen LogP contribution in [0, 0.1) is 0 Å². The molecule has 2 aliphatic rings. The SMILES string of the molecule is COc1cccc(C2/C(=C(/O)c3ccc4c(c3)OCCO4)C(=O)C(=O)N2c2ccc(NC(C)=O)cc2)c1. The number of amides is 2. The average Bonchev–Trinajstić information content (AvgIpc) is 3.18. The molecular formula is C28H24N2O7. The molecule has 1 unspecified atom stereocenters. The fraction of sp³-hybridized carbons (Fsp3) is 0.179. The van der Waals surface area contributed by atoms with Crippen LogP contribution in [0.5, 0.6) is 17.2 Å². The summed E-state index contributed by atoms with van der Waals surface area (Å²) in [5.74, 6) is -0.679. The number of Topliss-reactive ketones (excluding diaryl/α,β-unsaturated/α-hetero) is 1. The minimum Gasteiger partial charge on any atom is -0.507 e. The molecule has 0 aromatic heterocycles. The molecule has 3 aromatic carbocycles. The third-order valence-electron chi connectivity index (χ3n) is 6.14. The highest BCUT2D eigenvalue weighted by Gasteiger charge is 2.47. The van der Waals surface area contributed by atoms with E-state index in [4.69, 9.17) is 14.2 Å². The first kappa shape index (κ1) is 23.9. The Kier molecular flexibility index (Phi) is 6.27. The molecule has 0 bridgehead atoms. The average molecular weight is 501 g/mol. The molecule has 2 aliphatic heterocycles. The Morgan fingerprint density at radius 1 is 1.00 bits per heavy atom. The van der Waals surface area contributed by atoms with Gasteiger partial charge in [0.05, 0.1) is 18.7 Å². The second-order valence-electron chi connectivity index (χ2n) is 8.53. The van der Waals surface area contributed by atoms with E-state index in [1.165, 1.54) is 18.9 Å². The normalized spacial score (nSPS) is 18.0. The number of fused-ring (bicyclic) bond motifs is 1. The monoisotopic (exact) mass is 500 g/mol. The molecule has 1 saturated heterocycles. The van der Waals surface area contributed by atoms with Crippen LogP contribution in [-0.4, -0.2) is 43.0 Å². The summed E-state index contributed by atoms with van der Waals surface area (Å²) in [5.41, 5.74) is 1.79. The summed E-state index contributed by atoms with van der Waals surface area (Å²) in [6.07, 6.45) is 0. The Morgan fingerprint density at radius 3 is 2.43 bits per heavy atom. The van der Waals surface area contributed by atoms with Gasteiger partial charge in [0.25, 0.3) is 11.7 Å². The van der Waals surface area contributed by atoms with Crippen molar-refractivity contribution < 1.29 is 33.7 Å². The number of nitrogens with one attached hydrogen (secondary N) is 1. The van der Waals surface area contributed by atoms with E-state index >= 15 is 0 Å². The van der Waals surface area contributed by atoms with E-state index in [9.17, 15) is 19.5 Å². The van der Waals surface area contributed by atoms with Crippen molar-refractivity contribution in [3.63, 3.8) is 0 Å². The molecule has 188 valence electrons. The largest absolute Gasteiger partial charge is 0.507 e. The summed E-state index contributed by atoms with van der Waals surface area (Å²) < 4.78 is 16.5. The summed E-state index contributed by atoms with van der Waals surface area (Å²) in [5, 5.41) is 14.1. The lowest BCUT2D eigenvalue weighted by molar-refractivity contribution is -0.132. The van der Waals surface area contributed by atoms with Gasteiger partial charge in [0.2, 0.25) is 5.91 Å². The predicted octanol–water partition coefficient (Wildman–Crippen LogP) is 4.05. The van der Waals surface area contributed by atoms with E-state index < -0.39 is 17.7 Å². The lowest BCUT2D eigenvalue weighted by Gasteiger charge is -2.26. The first-order valence-electron chi connectivity index (χ1n) is 11.6. The molecule has 1 fully saturated rings. The molecule has 9 nitrogen and oxygen atoms in total. The zero-order valence-electron chi connectivity index (χ0n) is 20.2. The molecular weight excluding hydrogens is 476 g/mol. The van der Waals surface area contributed by atoms with Crippen LogP contribution in [0.4, 0.5) is 11.4 Å². The van der Waals surface area contributed by atoms with Gasteiger partial charge in [0.15, 0.2) is 11.5 Å². The second-order valence-corrected chi connectivity index (χ2v) is 8.53. The number of aliphatic hydroxyl groups excluding tert-OH is 1. The maximum atomic E-state index is 13.4. The maximum absolute atomic E-state index is 13.4. The van der Waals surface area contributed by atoms with Gasteiger partial charge in [-0.1, -0.05) is 12.1 Å². The van der Waals surface area contributed by atoms with Crippen molar-refractivity contribution in [2.75, 3.05) is 30.5 Å². The Bertz CT molecular complexity index is 1430. The Morgan fingerprint density at radius 2 is 1.73 bits per heavy atom. The van der Waals surface area contributed by atoms with Gasteiger partial charge in [0, 0.05) is 23.9 Å². The molecule has 0 radical (unpaired) electrons. The maximum Gasteiger partial charge on any atom is 0.300 e. The predicted molar refractivity (Wildman–Crippen MR) is 136 cm³/mol. The highest BCUT2D eigenvalue weighted by Crippen LogP contribution is 2.44. The number of ketones is 1. The van der Waals surface area contributed by atoms with E-state index in [2.05, 4.69) is 5.32 Å². The fourth-order valence-corrected chi connectivity index (χ4v) is 4.48. The molecule has 9 heteroatoms. The summed E-state index contributed by atoms with van der Waals surface area (Å²) in [7, 11) is 1.52. The number of carbonyl (C=O) groups excluding carboxylic acids is 3. The van der Waals surface area contributed by atoms with Gasteiger partial charge < -0.3 is 24.6 Å². The van der Waals surface area contributed by atoms with E-state index in [-0.39, 0.29) is 17.2 Å². The molecule has 2 heterocycles. The number of anilines is 2. The quantitative estimate of drug-likeness (QED) is 0.309. The van der Waals surface area contributed by atoms with Crippen LogP contribution in [-0.2, 0) is 14.4 Å². The van der Waals surface area contributed by atoms with E-state index in [0.29, 0.717) is 53.0 Å². The number of rotatable bonds is 5. The molecule has 5 rings (SSSR count). The van der Waals surface area contributed by atoms with Gasteiger partial charge >= 0.3 is 0 Å². The lowest BCUT2D eigenvalue weighted by Crippen LogP contribution is -2.29.